The molecule has 0 fully saturated rings. The van der Waals surface area contributed by atoms with Crippen LogP contribution >= 0.6 is 11.3 Å². The fourth-order valence-electron chi connectivity index (χ4n) is 3.62. The van der Waals surface area contributed by atoms with Crippen LogP contribution in [0.15, 0.2) is 83.8 Å². The standard InChI is InChI=1S/C25H25N3O3S2/c1-4-28(20-12-6-5-7-13-20)33(30,31)21-14-10-11-19(17-21)25(29)27(3)18(2)24-26-22-15-8-9-16-23(22)32-24/h5-18H,4H2,1-3H3. The van der Waals surface area contributed by atoms with Crippen LogP contribution in [0.3, 0.4) is 0 Å². The molecule has 0 radical (unpaired) electrons. The number of sulfonamides is 1. The van der Waals surface area contributed by atoms with E-state index in [1.54, 1.807) is 66.6 Å². The smallest absolute Gasteiger partial charge is 0.264 e. The van der Waals surface area contributed by atoms with E-state index in [2.05, 4.69) is 4.98 Å². The number of amides is 1. The maximum absolute atomic E-state index is 13.4. The average Bonchev–Trinajstić information content (AvgIpc) is 3.28. The van der Waals surface area contributed by atoms with Crippen LogP contribution in [-0.2, 0) is 10.0 Å². The zero-order chi connectivity index (χ0) is 23.6. The van der Waals surface area contributed by atoms with Crippen molar-refractivity contribution in [3.63, 3.8) is 0 Å². The van der Waals surface area contributed by atoms with Gasteiger partial charge in [0.2, 0.25) is 0 Å². The Hall–Kier alpha value is -3.23. The predicted molar refractivity (Wildman–Crippen MR) is 133 cm³/mol. The molecule has 1 unspecified atom stereocenters. The second-order valence-electron chi connectivity index (χ2n) is 7.65. The number of carbonyl (C=O) groups is 1. The van der Waals surface area contributed by atoms with Crippen molar-refractivity contribution in [1.82, 2.24) is 9.88 Å². The predicted octanol–water partition coefficient (Wildman–Crippen LogP) is 5.34. The van der Waals surface area contributed by atoms with Gasteiger partial charge in [0.25, 0.3) is 15.9 Å². The Morgan fingerprint density at radius 1 is 1.00 bits per heavy atom. The minimum Gasteiger partial charge on any atom is -0.333 e. The maximum atomic E-state index is 13.4. The third-order valence-corrected chi connectivity index (χ3v) is 8.68. The molecule has 0 saturated carbocycles. The Kier molecular flexibility index (Phi) is 6.49. The van der Waals surface area contributed by atoms with Gasteiger partial charge in [-0.1, -0.05) is 36.4 Å². The molecule has 0 saturated heterocycles. The maximum Gasteiger partial charge on any atom is 0.264 e. The number of hydrogen-bond acceptors (Lipinski definition) is 5. The van der Waals surface area contributed by atoms with Gasteiger partial charge in [-0.2, -0.15) is 0 Å². The lowest BCUT2D eigenvalue weighted by Gasteiger charge is -2.25. The molecule has 3 aromatic carbocycles. The molecule has 33 heavy (non-hydrogen) atoms. The largest absolute Gasteiger partial charge is 0.333 e. The molecular weight excluding hydrogens is 454 g/mol. The number of thiazole rings is 1. The topological polar surface area (TPSA) is 70.6 Å². The van der Waals surface area contributed by atoms with E-state index in [1.807, 2.05) is 37.3 Å². The summed E-state index contributed by atoms with van der Waals surface area (Å²) in [7, 11) is -2.11. The normalized spacial score (nSPS) is 12.5. The van der Waals surface area contributed by atoms with Gasteiger partial charge in [-0.15, -0.1) is 11.3 Å². The van der Waals surface area contributed by atoms with Gasteiger partial charge in [0.1, 0.15) is 5.01 Å². The highest BCUT2D eigenvalue weighted by atomic mass is 32.2. The summed E-state index contributed by atoms with van der Waals surface area (Å²) in [6, 6.07) is 22.8. The van der Waals surface area contributed by atoms with Crippen LogP contribution in [0.2, 0.25) is 0 Å². The van der Waals surface area contributed by atoms with Gasteiger partial charge in [-0.25, -0.2) is 13.4 Å². The van der Waals surface area contributed by atoms with E-state index >= 15 is 0 Å². The molecule has 6 nitrogen and oxygen atoms in total. The summed E-state index contributed by atoms with van der Waals surface area (Å²) in [6.45, 7) is 3.98. The van der Waals surface area contributed by atoms with Crippen LogP contribution in [0.4, 0.5) is 5.69 Å². The van der Waals surface area contributed by atoms with Crippen molar-refractivity contribution in [2.75, 3.05) is 17.9 Å². The van der Waals surface area contributed by atoms with Crippen molar-refractivity contribution in [2.45, 2.75) is 24.8 Å². The molecule has 0 spiro atoms. The van der Waals surface area contributed by atoms with Crippen molar-refractivity contribution in [2.24, 2.45) is 0 Å². The lowest BCUT2D eigenvalue weighted by Crippen LogP contribution is -2.32. The first kappa shape index (κ1) is 22.9. The SMILES string of the molecule is CCN(c1ccccc1)S(=O)(=O)c1cccc(C(=O)N(C)C(C)c2nc3ccccc3s2)c1. The van der Waals surface area contributed by atoms with Gasteiger partial charge in [0.15, 0.2) is 0 Å². The van der Waals surface area contributed by atoms with Gasteiger partial charge in [0.05, 0.1) is 26.8 Å². The monoisotopic (exact) mass is 479 g/mol. The van der Waals surface area contributed by atoms with E-state index in [1.165, 1.54) is 16.4 Å². The molecule has 4 rings (SSSR count). The summed E-state index contributed by atoms with van der Waals surface area (Å²) in [5.41, 5.74) is 1.80. The van der Waals surface area contributed by atoms with E-state index in [4.69, 9.17) is 0 Å². The number of benzene rings is 3. The molecule has 0 aliphatic heterocycles. The van der Waals surface area contributed by atoms with E-state index < -0.39 is 10.0 Å². The number of carbonyl (C=O) groups excluding carboxylic acids is 1. The van der Waals surface area contributed by atoms with Gasteiger partial charge in [0, 0.05) is 19.2 Å². The van der Waals surface area contributed by atoms with Crippen LogP contribution < -0.4 is 4.31 Å². The van der Waals surface area contributed by atoms with Gasteiger partial charge >= 0.3 is 0 Å². The lowest BCUT2D eigenvalue weighted by atomic mass is 10.2. The van der Waals surface area contributed by atoms with Crippen molar-refractivity contribution >= 4 is 43.2 Å². The van der Waals surface area contributed by atoms with Crippen LogP contribution in [0, 0.1) is 0 Å². The number of hydrogen-bond donors (Lipinski definition) is 0. The first-order valence-corrected chi connectivity index (χ1v) is 12.9. The highest BCUT2D eigenvalue weighted by molar-refractivity contribution is 7.92. The number of nitrogens with zero attached hydrogens (tertiary/aromatic N) is 3. The third kappa shape index (κ3) is 4.49. The third-order valence-electron chi connectivity index (χ3n) is 5.57. The number of aromatic nitrogens is 1. The first-order chi connectivity index (χ1) is 15.8. The fourth-order valence-corrected chi connectivity index (χ4v) is 6.20. The molecule has 1 atom stereocenters. The quantitative estimate of drug-likeness (QED) is 0.359. The first-order valence-electron chi connectivity index (χ1n) is 10.6. The van der Waals surface area contributed by atoms with E-state index in [-0.39, 0.29) is 23.4 Å². The summed E-state index contributed by atoms with van der Waals surface area (Å²) in [5, 5.41) is 0.831. The molecule has 0 N–H and O–H groups in total. The Bertz CT molecular complexity index is 1350. The lowest BCUT2D eigenvalue weighted by molar-refractivity contribution is 0.0742. The van der Waals surface area contributed by atoms with Crippen LogP contribution in [0.5, 0.6) is 0 Å². The summed E-state index contributed by atoms with van der Waals surface area (Å²) in [5.74, 6) is -0.262. The summed E-state index contributed by atoms with van der Waals surface area (Å²) in [4.78, 5) is 19.6. The Labute approximate surface area is 198 Å². The van der Waals surface area contributed by atoms with Crippen LogP contribution in [0.1, 0.15) is 35.3 Å². The molecular formula is C25H25N3O3S2. The molecule has 170 valence electrons. The zero-order valence-electron chi connectivity index (χ0n) is 18.7. The van der Waals surface area contributed by atoms with Crippen molar-refractivity contribution in [3.05, 3.63) is 89.4 Å². The van der Waals surface area contributed by atoms with Crippen LogP contribution in [-0.4, -0.2) is 37.8 Å². The highest BCUT2D eigenvalue weighted by Crippen LogP contribution is 2.30. The molecule has 8 heteroatoms. The summed E-state index contributed by atoms with van der Waals surface area (Å²) >= 11 is 1.55. The highest BCUT2D eigenvalue weighted by Gasteiger charge is 2.26. The van der Waals surface area contributed by atoms with Crippen molar-refractivity contribution < 1.29 is 13.2 Å². The van der Waals surface area contributed by atoms with E-state index in [9.17, 15) is 13.2 Å². The molecule has 0 aliphatic carbocycles. The second kappa shape index (κ2) is 9.33. The van der Waals surface area contributed by atoms with E-state index in [0.717, 1.165) is 15.2 Å². The molecule has 1 aromatic heterocycles. The molecule has 0 bridgehead atoms. The molecule has 4 aromatic rings. The minimum atomic E-state index is -3.82. The summed E-state index contributed by atoms with van der Waals surface area (Å²) in [6.07, 6.45) is 0. The Morgan fingerprint density at radius 3 is 2.39 bits per heavy atom. The molecule has 1 heterocycles. The number of rotatable bonds is 7. The second-order valence-corrected chi connectivity index (χ2v) is 10.6. The average molecular weight is 480 g/mol. The van der Waals surface area contributed by atoms with Crippen LogP contribution in [0.25, 0.3) is 10.2 Å². The number of fused-ring (bicyclic) bond motifs is 1. The van der Waals surface area contributed by atoms with E-state index in [0.29, 0.717) is 11.3 Å². The zero-order valence-corrected chi connectivity index (χ0v) is 20.3. The number of anilines is 1. The Morgan fingerprint density at radius 2 is 1.70 bits per heavy atom. The molecule has 0 aliphatic rings. The molecule has 1 amide bonds. The fraction of sp³-hybridized carbons (Fsp3) is 0.200. The number of para-hydroxylation sites is 2. The van der Waals surface area contributed by atoms with Crippen molar-refractivity contribution in [3.8, 4) is 0 Å². The van der Waals surface area contributed by atoms with Crippen molar-refractivity contribution in [1.29, 1.82) is 0 Å². The minimum absolute atomic E-state index is 0.0834. The van der Waals surface area contributed by atoms with Gasteiger partial charge in [-0.3, -0.25) is 9.10 Å². The van der Waals surface area contributed by atoms with Gasteiger partial charge < -0.3 is 4.90 Å². The Balaban J connectivity index is 1.61. The van der Waals surface area contributed by atoms with Gasteiger partial charge in [-0.05, 0) is 56.3 Å². The summed E-state index contributed by atoms with van der Waals surface area (Å²) < 4.78 is 29.1.